The van der Waals surface area contributed by atoms with E-state index in [1.54, 1.807) is 29.3 Å². The lowest BCUT2D eigenvalue weighted by Crippen LogP contribution is -2.39. The van der Waals surface area contributed by atoms with Crippen LogP contribution in [0.4, 0.5) is 16.3 Å². The Morgan fingerprint density at radius 1 is 1.28 bits per heavy atom. The third-order valence-corrected chi connectivity index (χ3v) is 3.83. The van der Waals surface area contributed by atoms with Crippen molar-refractivity contribution in [3.8, 4) is 5.75 Å². The second-order valence-electron chi connectivity index (χ2n) is 5.65. The van der Waals surface area contributed by atoms with Crippen molar-refractivity contribution in [3.63, 3.8) is 0 Å². The number of carbonyl (C=O) groups is 2. The van der Waals surface area contributed by atoms with Gasteiger partial charge in [0.05, 0.1) is 12.6 Å². The summed E-state index contributed by atoms with van der Waals surface area (Å²) in [5.74, 6) is 1.21. The smallest absolute Gasteiger partial charge is 0.320 e. The highest BCUT2D eigenvalue weighted by molar-refractivity contribution is 5.97. The van der Waals surface area contributed by atoms with Crippen molar-refractivity contribution < 1.29 is 14.3 Å². The first-order chi connectivity index (χ1) is 12.2. The van der Waals surface area contributed by atoms with Crippen molar-refractivity contribution in [1.82, 2.24) is 10.3 Å². The van der Waals surface area contributed by atoms with Crippen LogP contribution < -0.4 is 20.3 Å². The summed E-state index contributed by atoms with van der Waals surface area (Å²) in [7, 11) is 0. The fraction of sp³-hybridized carbons (Fsp3) is 0.278. The predicted octanol–water partition coefficient (Wildman–Crippen LogP) is 2.41. The Bertz CT molecular complexity index is 734. The number of ether oxygens (including phenoxy) is 1. The molecule has 130 valence electrons. The van der Waals surface area contributed by atoms with Crippen LogP contribution >= 0.6 is 0 Å². The molecule has 1 fully saturated rings. The molecule has 3 amide bonds. The van der Waals surface area contributed by atoms with E-state index in [0.717, 1.165) is 11.4 Å². The topological polar surface area (TPSA) is 83.6 Å². The van der Waals surface area contributed by atoms with Gasteiger partial charge in [0, 0.05) is 24.8 Å². The van der Waals surface area contributed by atoms with Gasteiger partial charge in [-0.05, 0) is 43.3 Å². The molecule has 7 heteroatoms. The van der Waals surface area contributed by atoms with Crippen molar-refractivity contribution >= 4 is 23.4 Å². The quantitative estimate of drug-likeness (QED) is 0.875. The molecule has 2 aromatic rings. The molecule has 3 rings (SSSR count). The minimum Gasteiger partial charge on any atom is -0.494 e. The molecule has 25 heavy (non-hydrogen) atoms. The van der Waals surface area contributed by atoms with Crippen molar-refractivity contribution in [3.05, 3.63) is 48.7 Å². The summed E-state index contributed by atoms with van der Waals surface area (Å²) in [6.45, 7) is 2.95. The second-order valence-corrected chi connectivity index (χ2v) is 5.65. The average molecular weight is 340 g/mol. The zero-order valence-corrected chi connectivity index (χ0v) is 13.9. The number of nitrogens with one attached hydrogen (secondary N) is 2. The van der Waals surface area contributed by atoms with Crippen molar-refractivity contribution in [2.45, 2.75) is 19.4 Å². The number of carbonyl (C=O) groups excluding carboxylic acids is 2. The maximum atomic E-state index is 12.2. The third kappa shape index (κ3) is 4.26. The summed E-state index contributed by atoms with van der Waals surface area (Å²) in [5.41, 5.74) is 0.794. The molecule has 1 atom stereocenters. The molecule has 0 radical (unpaired) electrons. The van der Waals surface area contributed by atoms with Gasteiger partial charge in [-0.1, -0.05) is 6.07 Å². The molecule has 7 nitrogen and oxygen atoms in total. The molecule has 1 aromatic heterocycles. The van der Waals surface area contributed by atoms with Gasteiger partial charge in [-0.25, -0.2) is 9.78 Å². The highest BCUT2D eigenvalue weighted by Crippen LogP contribution is 2.24. The molecule has 1 aliphatic heterocycles. The van der Waals surface area contributed by atoms with E-state index in [1.807, 2.05) is 31.2 Å². The number of nitrogens with zero attached hydrogens (tertiary/aromatic N) is 2. The Labute approximate surface area is 146 Å². The second kappa shape index (κ2) is 7.65. The van der Waals surface area contributed by atoms with Gasteiger partial charge in [0.15, 0.2) is 0 Å². The van der Waals surface area contributed by atoms with E-state index in [9.17, 15) is 9.59 Å². The molecule has 2 heterocycles. The predicted molar refractivity (Wildman–Crippen MR) is 94.8 cm³/mol. The van der Waals surface area contributed by atoms with Gasteiger partial charge in [0.1, 0.15) is 11.6 Å². The number of amides is 3. The Kier molecular flexibility index (Phi) is 5.13. The van der Waals surface area contributed by atoms with Crippen molar-refractivity contribution in [2.75, 3.05) is 23.4 Å². The molecular weight excluding hydrogens is 320 g/mol. The lowest BCUT2D eigenvalue weighted by molar-refractivity contribution is -0.117. The van der Waals surface area contributed by atoms with Crippen LogP contribution in [0.2, 0.25) is 0 Å². The summed E-state index contributed by atoms with van der Waals surface area (Å²) >= 11 is 0. The van der Waals surface area contributed by atoms with E-state index in [1.165, 1.54) is 0 Å². The van der Waals surface area contributed by atoms with Crippen molar-refractivity contribution in [1.29, 1.82) is 0 Å². The molecule has 0 unspecified atom stereocenters. The SMILES string of the molecule is CCOc1ccc(N2C[C@@H](NC(=O)Nc3ccccn3)CC2=O)cc1. The number of rotatable bonds is 5. The highest BCUT2D eigenvalue weighted by atomic mass is 16.5. The van der Waals surface area contributed by atoms with Gasteiger partial charge < -0.3 is 15.0 Å². The Morgan fingerprint density at radius 2 is 2.08 bits per heavy atom. The van der Waals surface area contributed by atoms with E-state index in [2.05, 4.69) is 15.6 Å². The van der Waals surface area contributed by atoms with Crippen LogP contribution in [0.25, 0.3) is 0 Å². The summed E-state index contributed by atoms with van der Waals surface area (Å²) in [5, 5.41) is 5.46. The largest absolute Gasteiger partial charge is 0.494 e. The third-order valence-electron chi connectivity index (χ3n) is 3.83. The van der Waals surface area contributed by atoms with Crippen LogP contribution in [-0.4, -0.2) is 36.1 Å². The zero-order valence-electron chi connectivity index (χ0n) is 13.9. The first-order valence-corrected chi connectivity index (χ1v) is 8.17. The van der Waals surface area contributed by atoms with E-state index in [0.29, 0.717) is 19.0 Å². The minimum absolute atomic E-state index is 0.0210. The lowest BCUT2D eigenvalue weighted by Gasteiger charge is -2.18. The van der Waals surface area contributed by atoms with Crippen molar-refractivity contribution in [2.24, 2.45) is 0 Å². The van der Waals surface area contributed by atoms with Gasteiger partial charge in [0.25, 0.3) is 0 Å². The first kappa shape index (κ1) is 16.8. The Balaban J connectivity index is 1.57. The van der Waals surface area contributed by atoms with Crippen LogP contribution in [0.1, 0.15) is 13.3 Å². The number of hydrogen-bond donors (Lipinski definition) is 2. The zero-order chi connectivity index (χ0) is 17.6. The Morgan fingerprint density at radius 3 is 2.76 bits per heavy atom. The molecule has 0 bridgehead atoms. The fourth-order valence-electron chi connectivity index (χ4n) is 2.72. The number of urea groups is 1. The molecule has 2 N–H and O–H groups in total. The van der Waals surface area contributed by atoms with Crippen LogP contribution in [0, 0.1) is 0 Å². The maximum Gasteiger partial charge on any atom is 0.320 e. The normalized spacial score (nSPS) is 16.6. The summed E-state index contributed by atoms with van der Waals surface area (Å²) in [4.78, 5) is 30.0. The van der Waals surface area contributed by atoms with Crippen LogP contribution in [-0.2, 0) is 4.79 Å². The highest BCUT2D eigenvalue weighted by Gasteiger charge is 2.31. The molecule has 1 aromatic carbocycles. The summed E-state index contributed by atoms with van der Waals surface area (Å²) in [6, 6.07) is 12.0. The molecular formula is C18H20N4O3. The molecule has 0 spiro atoms. The van der Waals surface area contributed by atoms with Crippen LogP contribution in [0.15, 0.2) is 48.7 Å². The summed E-state index contributed by atoms with van der Waals surface area (Å²) in [6.07, 6.45) is 1.87. The van der Waals surface area contributed by atoms with Crippen LogP contribution in [0.3, 0.4) is 0 Å². The van der Waals surface area contributed by atoms with E-state index in [4.69, 9.17) is 4.74 Å². The average Bonchev–Trinajstić information content (AvgIpc) is 2.97. The van der Waals surface area contributed by atoms with E-state index < -0.39 is 0 Å². The minimum atomic E-state index is -0.370. The molecule has 1 aliphatic rings. The first-order valence-electron chi connectivity index (χ1n) is 8.17. The molecule has 0 saturated carbocycles. The number of pyridine rings is 1. The monoisotopic (exact) mass is 340 g/mol. The molecule has 1 saturated heterocycles. The number of benzene rings is 1. The Hall–Kier alpha value is -3.09. The molecule has 0 aliphatic carbocycles. The van der Waals surface area contributed by atoms with Gasteiger partial charge in [-0.3, -0.25) is 10.1 Å². The fourth-order valence-corrected chi connectivity index (χ4v) is 2.72. The van der Waals surface area contributed by atoms with Crippen LogP contribution in [0.5, 0.6) is 5.75 Å². The van der Waals surface area contributed by atoms with E-state index in [-0.39, 0.29) is 24.4 Å². The number of anilines is 2. The number of hydrogen-bond acceptors (Lipinski definition) is 4. The summed E-state index contributed by atoms with van der Waals surface area (Å²) < 4.78 is 5.41. The lowest BCUT2D eigenvalue weighted by atomic mass is 10.2. The maximum absolute atomic E-state index is 12.2. The number of aromatic nitrogens is 1. The van der Waals surface area contributed by atoms with Gasteiger partial charge >= 0.3 is 6.03 Å². The van der Waals surface area contributed by atoms with Gasteiger partial charge in [0.2, 0.25) is 5.91 Å². The standard InChI is InChI=1S/C18H20N4O3/c1-2-25-15-8-6-14(7-9-15)22-12-13(11-17(22)23)20-18(24)21-16-5-3-4-10-19-16/h3-10,13H,2,11-12H2,1H3,(H2,19,20,21,24)/t13-/m0/s1. The van der Waals surface area contributed by atoms with Gasteiger partial charge in [-0.15, -0.1) is 0 Å². The van der Waals surface area contributed by atoms with Gasteiger partial charge in [-0.2, -0.15) is 0 Å². The van der Waals surface area contributed by atoms with E-state index >= 15 is 0 Å².